The molecule has 1 unspecified atom stereocenters. The molecule has 0 aromatic heterocycles. The van der Waals surface area contributed by atoms with Gasteiger partial charge in [0.1, 0.15) is 5.78 Å². The second kappa shape index (κ2) is 7.02. The summed E-state index contributed by atoms with van der Waals surface area (Å²) in [5.41, 5.74) is 0. The summed E-state index contributed by atoms with van der Waals surface area (Å²) < 4.78 is 0. The molecule has 1 saturated heterocycles. The summed E-state index contributed by atoms with van der Waals surface area (Å²) in [5, 5.41) is 0. The van der Waals surface area contributed by atoms with Gasteiger partial charge in [-0.2, -0.15) is 0 Å². The molecule has 16 heavy (non-hydrogen) atoms. The summed E-state index contributed by atoms with van der Waals surface area (Å²) in [4.78, 5) is 15.7. The lowest BCUT2D eigenvalue weighted by Gasteiger charge is -2.25. The zero-order chi connectivity index (χ0) is 12.0. The maximum absolute atomic E-state index is 10.8. The van der Waals surface area contributed by atoms with Gasteiger partial charge in [-0.25, -0.2) is 0 Å². The smallest absolute Gasteiger partial charge is 0.129 e. The van der Waals surface area contributed by atoms with E-state index in [1.165, 1.54) is 25.9 Å². The first-order valence-electron chi connectivity index (χ1n) is 6.48. The van der Waals surface area contributed by atoms with Crippen LogP contribution in [0.25, 0.3) is 0 Å². The Morgan fingerprint density at radius 2 is 2.19 bits per heavy atom. The minimum absolute atomic E-state index is 0.318. The van der Waals surface area contributed by atoms with E-state index in [9.17, 15) is 4.79 Å². The molecule has 0 aromatic carbocycles. The number of nitrogens with zero attached hydrogens (tertiary/aromatic N) is 2. The van der Waals surface area contributed by atoms with Crippen LogP contribution in [-0.2, 0) is 4.79 Å². The van der Waals surface area contributed by atoms with Gasteiger partial charge in [0.05, 0.1) is 0 Å². The number of likely N-dealkylation sites (N-methyl/N-ethyl adjacent to an activating group) is 2. The van der Waals surface area contributed by atoms with Crippen molar-refractivity contribution in [2.24, 2.45) is 0 Å². The van der Waals surface area contributed by atoms with Crippen LogP contribution in [0.4, 0.5) is 0 Å². The molecular weight excluding hydrogens is 200 g/mol. The lowest BCUT2D eigenvalue weighted by atomic mass is 10.1. The number of hydrogen-bond donors (Lipinski definition) is 0. The van der Waals surface area contributed by atoms with Crippen LogP contribution in [0.5, 0.6) is 0 Å². The molecule has 1 rings (SSSR count). The second-order valence-corrected chi connectivity index (χ2v) is 5.20. The Morgan fingerprint density at radius 3 is 2.75 bits per heavy atom. The van der Waals surface area contributed by atoms with Gasteiger partial charge in [0.25, 0.3) is 0 Å². The highest BCUT2D eigenvalue weighted by atomic mass is 16.1. The fourth-order valence-corrected chi connectivity index (χ4v) is 2.42. The zero-order valence-electron chi connectivity index (χ0n) is 11.0. The van der Waals surface area contributed by atoms with Crippen molar-refractivity contribution in [2.75, 3.05) is 33.7 Å². The minimum atomic E-state index is 0.318. The van der Waals surface area contributed by atoms with Crippen LogP contribution < -0.4 is 0 Å². The van der Waals surface area contributed by atoms with Crippen molar-refractivity contribution >= 4 is 5.78 Å². The number of carbonyl (C=O) groups excluding carboxylic acids is 1. The quantitative estimate of drug-likeness (QED) is 0.618. The molecule has 0 saturated carbocycles. The van der Waals surface area contributed by atoms with E-state index >= 15 is 0 Å². The Bertz CT molecular complexity index is 218. The van der Waals surface area contributed by atoms with E-state index in [2.05, 4.69) is 23.9 Å². The molecule has 3 heteroatoms. The van der Waals surface area contributed by atoms with Crippen molar-refractivity contribution in [2.45, 2.75) is 45.1 Å². The van der Waals surface area contributed by atoms with Gasteiger partial charge >= 0.3 is 0 Å². The van der Waals surface area contributed by atoms with E-state index in [1.807, 2.05) is 0 Å². The third-order valence-corrected chi connectivity index (χ3v) is 3.51. The van der Waals surface area contributed by atoms with E-state index in [4.69, 9.17) is 0 Å². The molecule has 1 fully saturated rings. The molecule has 1 atom stereocenters. The second-order valence-electron chi connectivity index (χ2n) is 5.20. The first kappa shape index (κ1) is 13.7. The van der Waals surface area contributed by atoms with Gasteiger partial charge in [-0.3, -0.25) is 0 Å². The van der Waals surface area contributed by atoms with Crippen molar-refractivity contribution in [3.8, 4) is 0 Å². The van der Waals surface area contributed by atoms with E-state index in [1.54, 1.807) is 6.92 Å². The summed E-state index contributed by atoms with van der Waals surface area (Å²) >= 11 is 0. The average molecular weight is 226 g/mol. The van der Waals surface area contributed by atoms with Crippen LogP contribution in [0.1, 0.15) is 39.0 Å². The van der Waals surface area contributed by atoms with E-state index in [0.29, 0.717) is 5.78 Å². The maximum atomic E-state index is 10.8. The van der Waals surface area contributed by atoms with Crippen molar-refractivity contribution in [1.82, 2.24) is 9.80 Å². The van der Waals surface area contributed by atoms with Crippen LogP contribution in [-0.4, -0.2) is 55.4 Å². The molecule has 0 N–H and O–H groups in total. The number of likely N-dealkylation sites (tertiary alicyclic amines) is 1. The predicted molar refractivity (Wildman–Crippen MR) is 67.7 cm³/mol. The van der Waals surface area contributed by atoms with Gasteiger partial charge in [-0.15, -0.1) is 0 Å². The molecule has 1 heterocycles. The largest absolute Gasteiger partial charge is 0.305 e. The summed E-state index contributed by atoms with van der Waals surface area (Å²) in [5.74, 6) is 0.318. The number of ketones is 1. The molecule has 3 nitrogen and oxygen atoms in total. The van der Waals surface area contributed by atoms with Crippen molar-refractivity contribution in [3.05, 3.63) is 0 Å². The maximum Gasteiger partial charge on any atom is 0.129 e. The summed E-state index contributed by atoms with van der Waals surface area (Å²) in [7, 11) is 4.42. The van der Waals surface area contributed by atoms with Crippen molar-refractivity contribution < 1.29 is 4.79 Å². The Morgan fingerprint density at radius 1 is 1.44 bits per heavy atom. The first-order chi connectivity index (χ1) is 7.59. The number of rotatable bonds is 7. The van der Waals surface area contributed by atoms with Crippen LogP contribution in [0.3, 0.4) is 0 Å². The number of Topliss-reactive ketones (excluding diaryl/α,β-unsaturated/α-hetero) is 1. The Hall–Kier alpha value is -0.410. The highest BCUT2D eigenvalue weighted by Gasteiger charge is 2.21. The highest BCUT2D eigenvalue weighted by molar-refractivity contribution is 5.75. The fourth-order valence-electron chi connectivity index (χ4n) is 2.42. The van der Waals surface area contributed by atoms with Gasteiger partial charge in [-0.05, 0) is 59.8 Å². The third kappa shape index (κ3) is 5.08. The molecule has 1 aliphatic heterocycles. The van der Waals surface area contributed by atoms with Gasteiger partial charge in [0.15, 0.2) is 0 Å². The number of hydrogen-bond acceptors (Lipinski definition) is 3. The molecule has 0 aliphatic carbocycles. The van der Waals surface area contributed by atoms with Gasteiger partial charge in [0.2, 0.25) is 0 Å². The molecule has 0 amide bonds. The average Bonchev–Trinajstić information content (AvgIpc) is 2.59. The van der Waals surface area contributed by atoms with Crippen molar-refractivity contribution in [3.63, 3.8) is 0 Å². The fraction of sp³-hybridized carbons (Fsp3) is 0.923. The van der Waals surface area contributed by atoms with E-state index in [-0.39, 0.29) is 0 Å². The molecule has 0 spiro atoms. The first-order valence-corrected chi connectivity index (χ1v) is 6.48. The van der Waals surface area contributed by atoms with E-state index < -0.39 is 0 Å². The lowest BCUT2D eigenvalue weighted by molar-refractivity contribution is -0.117. The molecule has 0 aromatic rings. The van der Waals surface area contributed by atoms with Crippen molar-refractivity contribution in [1.29, 1.82) is 0 Å². The van der Waals surface area contributed by atoms with Crippen LogP contribution in [0.2, 0.25) is 0 Å². The molecule has 0 radical (unpaired) electrons. The molecule has 1 aliphatic rings. The zero-order valence-corrected chi connectivity index (χ0v) is 11.0. The molecular formula is C13H26N2O. The van der Waals surface area contributed by atoms with Gasteiger partial charge < -0.3 is 14.6 Å². The summed E-state index contributed by atoms with van der Waals surface area (Å²) in [6.45, 7) is 5.23. The molecule has 94 valence electrons. The van der Waals surface area contributed by atoms with Gasteiger partial charge in [0, 0.05) is 19.0 Å². The Balaban J connectivity index is 2.06. The SMILES string of the molecule is CC(=O)CCCCN(C)CC1CCCN1C. The number of unbranched alkanes of at least 4 members (excludes halogenated alkanes) is 1. The third-order valence-electron chi connectivity index (χ3n) is 3.51. The predicted octanol–water partition coefficient (Wildman–Crippen LogP) is 1.77. The molecule has 0 bridgehead atoms. The Kier molecular flexibility index (Phi) is 5.99. The van der Waals surface area contributed by atoms with Crippen LogP contribution >= 0.6 is 0 Å². The summed E-state index contributed by atoms with van der Waals surface area (Å²) in [6, 6.07) is 0.748. The normalized spacial score (nSPS) is 21.9. The van der Waals surface area contributed by atoms with E-state index in [0.717, 1.165) is 31.8 Å². The van der Waals surface area contributed by atoms with Crippen LogP contribution in [0, 0.1) is 0 Å². The summed E-state index contributed by atoms with van der Waals surface area (Å²) in [6.07, 6.45) is 5.62. The Labute approximate surface area is 99.8 Å². The monoisotopic (exact) mass is 226 g/mol. The highest BCUT2D eigenvalue weighted by Crippen LogP contribution is 2.15. The standard InChI is InChI=1S/C13H26N2O/c1-12(16)7-4-5-9-14(2)11-13-8-6-10-15(13)3/h13H,4-11H2,1-3H3. The van der Waals surface area contributed by atoms with Crippen LogP contribution in [0.15, 0.2) is 0 Å². The number of carbonyl (C=O) groups is 1. The van der Waals surface area contributed by atoms with Gasteiger partial charge in [-0.1, -0.05) is 0 Å². The minimum Gasteiger partial charge on any atom is -0.305 e. The topological polar surface area (TPSA) is 23.6 Å². The lowest BCUT2D eigenvalue weighted by Crippen LogP contribution is -2.37.